The molecule has 1 aliphatic rings. The van der Waals surface area contributed by atoms with Gasteiger partial charge in [-0.3, -0.25) is 24.6 Å². The lowest BCUT2D eigenvalue weighted by molar-refractivity contribution is -0.0323. The summed E-state index contributed by atoms with van der Waals surface area (Å²) in [7, 11) is 0. The van der Waals surface area contributed by atoms with Gasteiger partial charge in [-0.25, -0.2) is 14.3 Å². The lowest BCUT2D eigenvalue weighted by Crippen LogP contribution is -2.34. The van der Waals surface area contributed by atoms with E-state index in [0.717, 1.165) is 10.9 Å². The number of aliphatic hydroxyl groups excluding tert-OH is 1. The summed E-state index contributed by atoms with van der Waals surface area (Å²) in [4.78, 5) is 41.7. The molecule has 1 fully saturated rings. The van der Waals surface area contributed by atoms with Crippen molar-refractivity contribution in [2.24, 2.45) is 0 Å². The van der Waals surface area contributed by atoms with Crippen LogP contribution in [0.3, 0.4) is 0 Å². The number of rotatable bonds is 13. The molecule has 0 unspecified atom stereocenters. The zero-order chi connectivity index (χ0) is 32.9. The van der Waals surface area contributed by atoms with Gasteiger partial charge in [0.1, 0.15) is 12.3 Å². The average molecular weight is 644 g/mol. The summed E-state index contributed by atoms with van der Waals surface area (Å²) in [6, 6.07) is 17.0. The Morgan fingerprint density at radius 2 is 1.94 bits per heavy atom. The normalized spacial score (nSPS) is 17.9. The van der Waals surface area contributed by atoms with Gasteiger partial charge in [-0.05, 0) is 31.5 Å². The highest BCUT2D eigenvalue weighted by Crippen LogP contribution is 2.35. The van der Waals surface area contributed by atoms with Gasteiger partial charge in [0.15, 0.2) is 11.3 Å². The molecule has 4 heterocycles. The lowest BCUT2D eigenvalue weighted by Gasteiger charge is -2.22. The molecule has 1 aliphatic heterocycles. The third-order valence-electron chi connectivity index (χ3n) is 8.12. The van der Waals surface area contributed by atoms with Gasteiger partial charge in [-0.1, -0.05) is 47.7 Å². The summed E-state index contributed by atoms with van der Waals surface area (Å²) in [5, 5.41) is 22.8. The zero-order valence-corrected chi connectivity index (χ0v) is 26.2. The van der Waals surface area contributed by atoms with Gasteiger partial charge in [0.05, 0.1) is 36.7 Å². The van der Waals surface area contributed by atoms with Crippen molar-refractivity contribution < 1.29 is 19.0 Å². The molecule has 5 aromatic rings. The highest BCUT2D eigenvalue weighted by molar-refractivity contribution is 5.82. The third kappa shape index (κ3) is 7.25. The van der Waals surface area contributed by atoms with Gasteiger partial charge in [0, 0.05) is 49.9 Å². The Morgan fingerprint density at radius 3 is 2.72 bits per heavy atom. The lowest BCUT2D eigenvalue weighted by atomic mass is 10.1. The molecule has 246 valence electrons. The number of benzene rings is 2. The first-order chi connectivity index (χ1) is 22.8. The average Bonchev–Trinajstić information content (AvgIpc) is 3.71. The Labute approximate surface area is 269 Å². The first-order valence-electron chi connectivity index (χ1n) is 15.5. The number of ether oxygens (including phenoxy) is 2. The minimum atomic E-state index is -0.684. The second kappa shape index (κ2) is 14.3. The van der Waals surface area contributed by atoms with Gasteiger partial charge in [-0.2, -0.15) is 0 Å². The highest BCUT2D eigenvalue weighted by atomic mass is 16.5. The fourth-order valence-corrected chi connectivity index (χ4v) is 5.82. The van der Waals surface area contributed by atoms with Crippen LogP contribution in [0, 0.1) is 6.92 Å². The van der Waals surface area contributed by atoms with Gasteiger partial charge in [0.2, 0.25) is 0 Å². The van der Waals surface area contributed by atoms with Crippen molar-refractivity contribution in [2.45, 2.75) is 58.3 Å². The number of fused-ring (bicyclic) bond motifs is 1. The van der Waals surface area contributed by atoms with E-state index < -0.39 is 29.2 Å². The van der Waals surface area contributed by atoms with Gasteiger partial charge >= 0.3 is 11.3 Å². The number of para-hydroxylation sites is 1. The van der Waals surface area contributed by atoms with E-state index in [-0.39, 0.29) is 12.6 Å². The Balaban J connectivity index is 1.14. The van der Waals surface area contributed by atoms with Crippen LogP contribution in [0.25, 0.3) is 11.0 Å². The summed E-state index contributed by atoms with van der Waals surface area (Å²) < 4.78 is 20.3. The van der Waals surface area contributed by atoms with Gasteiger partial charge < -0.3 is 19.0 Å². The van der Waals surface area contributed by atoms with Crippen molar-refractivity contribution in [1.29, 1.82) is 0 Å². The topological polar surface area (TPSA) is 170 Å². The molecule has 0 aliphatic carbocycles. The summed E-state index contributed by atoms with van der Waals surface area (Å²) in [5.41, 5.74) is 1.64. The number of nitrogens with one attached hydrogen (secondary N) is 2. The SMILES string of the molecule is CCOc1cccc2cc(CN(CNCc3cn([C@@H]4C[C@@H](n5cc(C)c(=O)[nH]c5=O)O[C@H]4CO)nn3)Cc3ccccc3)c(=O)oc12. The van der Waals surface area contributed by atoms with Crippen LogP contribution in [0.1, 0.15) is 48.0 Å². The molecule has 6 rings (SSSR count). The second-order valence-electron chi connectivity index (χ2n) is 11.5. The molecule has 3 N–H and O–H groups in total. The fraction of sp³-hybridized carbons (Fsp3) is 0.364. The Hall–Kier alpha value is -4.89. The van der Waals surface area contributed by atoms with Crippen molar-refractivity contribution >= 4 is 11.0 Å². The predicted octanol–water partition coefficient (Wildman–Crippen LogP) is 2.21. The minimum absolute atomic E-state index is 0.282. The maximum Gasteiger partial charge on any atom is 0.340 e. The molecular weight excluding hydrogens is 606 g/mol. The van der Waals surface area contributed by atoms with Crippen LogP contribution in [-0.2, 0) is 24.4 Å². The maximum absolute atomic E-state index is 13.1. The van der Waals surface area contributed by atoms with Crippen molar-refractivity contribution in [3.63, 3.8) is 0 Å². The number of nitrogens with zero attached hydrogens (tertiary/aromatic N) is 5. The third-order valence-corrected chi connectivity index (χ3v) is 8.12. The molecule has 0 radical (unpaired) electrons. The highest BCUT2D eigenvalue weighted by Gasteiger charge is 2.38. The van der Waals surface area contributed by atoms with Crippen LogP contribution in [0.15, 0.2) is 85.8 Å². The molecule has 0 spiro atoms. The molecule has 47 heavy (non-hydrogen) atoms. The molecular formula is C33H37N7O7. The molecule has 3 atom stereocenters. The first kappa shape index (κ1) is 32.1. The summed E-state index contributed by atoms with van der Waals surface area (Å²) >= 11 is 0. The molecule has 2 aromatic carbocycles. The number of aromatic nitrogens is 5. The largest absolute Gasteiger partial charge is 0.490 e. The monoisotopic (exact) mass is 643 g/mol. The van der Waals surface area contributed by atoms with Gasteiger partial charge in [0.25, 0.3) is 5.56 Å². The molecule has 0 bridgehead atoms. The quantitative estimate of drug-likeness (QED) is 0.127. The van der Waals surface area contributed by atoms with Crippen LogP contribution in [0.2, 0.25) is 0 Å². The number of H-pyrrole nitrogens is 1. The fourth-order valence-electron chi connectivity index (χ4n) is 5.82. The summed E-state index contributed by atoms with van der Waals surface area (Å²) in [6.07, 6.45) is 2.28. The van der Waals surface area contributed by atoms with Gasteiger partial charge in [-0.15, -0.1) is 5.10 Å². The smallest absolute Gasteiger partial charge is 0.340 e. The van der Waals surface area contributed by atoms with Crippen LogP contribution in [0.5, 0.6) is 5.75 Å². The van der Waals surface area contributed by atoms with Crippen molar-refractivity contribution in [3.8, 4) is 5.75 Å². The van der Waals surface area contributed by atoms with Crippen LogP contribution in [-0.4, -0.2) is 60.5 Å². The van der Waals surface area contributed by atoms with E-state index in [9.17, 15) is 19.5 Å². The molecule has 0 amide bonds. The van der Waals surface area contributed by atoms with E-state index >= 15 is 0 Å². The summed E-state index contributed by atoms with van der Waals surface area (Å²) in [5.74, 6) is 0.537. The Kier molecular flexibility index (Phi) is 9.73. The molecule has 0 saturated carbocycles. The minimum Gasteiger partial charge on any atom is -0.490 e. The zero-order valence-electron chi connectivity index (χ0n) is 26.2. The Bertz CT molecular complexity index is 2000. The standard InChI is InChI=1S/C33H37N7O7/c1-3-45-27-11-7-10-23-12-24(32(43)47-30(23)27)17-38(16-22-8-5-4-6-9-22)20-34-14-25-18-40(37-36-25)26-13-29(46-28(26)19-41)39-15-21(2)31(42)35-33(39)44/h4-12,15,18,26,28-29,34,41H,3,13-14,16-17,19-20H2,1-2H3,(H,35,42,44)/t26-,28+,29+/m1/s1. The predicted molar refractivity (Wildman–Crippen MR) is 172 cm³/mol. The van der Waals surface area contributed by atoms with Crippen molar-refractivity contribution in [2.75, 3.05) is 19.9 Å². The van der Waals surface area contributed by atoms with Crippen LogP contribution in [0.4, 0.5) is 0 Å². The van der Waals surface area contributed by atoms with E-state index in [1.54, 1.807) is 23.9 Å². The second-order valence-corrected chi connectivity index (χ2v) is 11.5. The van der Waals surface area contributed by atoms with Crippen molar-refractivity contribution in [3.05, 3.63) is 121 Å². The van der Waals surface area contributed by atoms with Crippen LogP contribution >= 0.6 is 0 Å². The molecule has 14 heteroatoms. The van der Waals surface area contributed by atoms with E-state index in [2.05, 4.69) is 25.5 Å². The summed E-state index contributed by atoms with van der Waals surface area (Å²) in [6.45, 7) is 5.41. The number of aromatic amines is 1. The molecule has 1 saturated heterocycles. The Morgan fingerprint density at radius 1 is 1.11 bits per heavy atom. The first-order valence-corrected chi connectivity index (χ1v) is 15.5. The maximum atomic E-state index is 13.1. The van der Waals surface area contributed by atoms with Crippen molar-refractivity contribution in [1.82, 2.24) is 34.8 Å². The number of aryl methyl sites for hydroxylation is 1. The van der Waals surface area contributed by atoms with E-state index in [1.165, 1.54) is 10.8 Å². The number of aliphatic hydroxyl groups is 1. The van der Waals surface area contributed by atoms with E-state index in [1.807, 2.05) is 55.5 Å². The molecule has 3 aromatic heterocycles. The molecule has 14 nitrogen and oxygen atoms in total. The van der Waals surface area contributed by atoms with E-state index in [0.29, 0.717) is 67.5 Å². The number of hydrogen-bond acceptors (Lipinski definition) is 11. The number of hydrogen-bond donors (Lipinski definition) is 3. The van der Waals surface area contributed by atoms with Crippen LogP contribution < -0.4 is 26.9 Å². The van der Waals surface area contributed by atoms with E-state index in [4.69, 9.17) is 13.9 Å².